The fourth-order valence-electron chi connectivity index (χ4n) is 6.52. The van der Waals surface area contributed by atoms with Gasteiger partial charge in [-0.25, -0.2) is 24.2 Å². The summed E-state index contributed by atoms with van der Waals surface area (Å²) in [5.74, 6) is -2.20. The number of rotatable bonds is 8. The average molecular weight is 702 g/mol. The number of imide groups is 2. The van der Waals surface area contributed by atoms with E-state index in [-0.39, 0.29) is 33.7 Å². The molecule has 274 valence electrons. The predicted molar refractivity (Wildman–Crippen MR) is 172 cm³/mol. The molecule has 0 spiro atoms. The standard InChI is InChI=1S/C32H46F3N5O9/c1-13-38-20(32(33,34)35)14-18(37-38)17-47-19-15-21(39(24(41)42)26(45)48-30(8,9)10)36-22(16-19)40(25(43)44)27(46)49-31(11,12)23(28(2,3)4)29(5,6)7/h14-16,23H,13,17H2,1-12H3,(H,41,42)(H,43,44). The number of amides is 4. The number of anilines is 2. The van der Waals surface area contributed by atoms with Crippen LogP contribution in [0.5, 0.6) is 5.75 Å². The smallest absolute Gasteiger partial charge is 0.433 e. The van der Waals surface area contributed by atoms with Gasteiger partial charge in [0.2, 0.25) is 0 Å². The molecule has 0 aromatic carbocycles. The van der Waals surface area contributed by atoms with Crippen molar-refractivity contribution in [2.24, 2.45) is 16.7 Å². The largest absolute Gasteiger partial charge is 0.487 e. The molecular weight excluding hydrogens is 655 g/mol. The average Bonchev–Trinajstić information content (AvgIpc) is 3.27. The highest BCUT2D eigenvalue weighted by Crippen LogP contribution is 2.48. The summed E-state index contributed by atoms with van der Waals surface area (Å²) in [4.78, 5) is 55.6. The van der Waals surface area contributed by atoms with E-state index in [2.05, 4.69) is 10.1 Å². The second kappa shape index (κ2) is 14.1. The van der Waals surface area contributed by atoms with Crippen molar-refractivity contribution in [3.05, 3.63) is 29.6 Å². The fourth-order valence-corrected chi connectivity index (χ4v) is 6.52. The molecule has 0 aliphatic carbocycles. The van der Waals surface area contributed by atoms with Gasteiger partial charge in [0.15, 0.2) is 11.6 Å². The Hall–Kier alpha value is -4.57. The molecule has 14 nitrogen and oxygen atoms in total. The van der Waals surface area contributed by atoms with Crippen LogP contribution in [0.4, 0.5) is 44.0 Å². The maximum Gasteiger partial charge on any atom is 0.433 e. The minimum atomic E-state index is -4.72. The number of hydrogen-bond acceptors (Lipinski definition) is 9. The maximum atomic E-state index is 13.7. The topological polar surface area (TPSA) is 174 Å². The number of hydrogen-bond donors (Lipinski definition) is 2. The Balaban J connectivity index is 2.72. The number of aromatic nitrogens is 3. The molecule has 49 heavy (non-hydrogen) atoms. The number of carbonyl (C=O) groups is 4. The normalized spacial score (nSPS) is 12.8. The maximum absolute atomic E-state index is 13.7. The van der Waals surface area contributed by atoms with Crippen molar-refractivity contribution in [2.45, 2.75) is 114 Å². The molecule has 2 N–H and O–H groups in total. The predicted octanol–water partition coefficient (Wildman–Crippen LogP) is 8.42. The van der Waals surface area contributed by atoms with Gasteiger partial charge in [-0.05, 0) is 58.4 Å². The van der Waals surface area contributed by atoms with Crippen molar-refractivity contribution in [3.8, 4) is 5.75 Å². The summed E-state index contributed by atoms with van der Waals surface area (Å²) in [5, 5.41) is 24.0. The second-order valence-electron chi connectivity index (χ2n) is 15.0. The van der Waals surface area contributed by atoms with Crippen LogP contribution < -0.4 is 14.5 Å². The van der Waals surface area contributed by atoms with Crippen LogP contribution in [0.25, 0.3) is 0 Å². The molecule has 0 bridgehead atoms. The number of halogens is 3. The minimum Gasteiger partial charge on any atom is -0.487 e. The summed E-state index contributed by atoms with van der Waals surface area (Å²) >= 11 is 0. The van der Waals surface area contributed by atoms with E-state index < -0.39 is 76.5 Å². The van der Waals surface area contributed by atoms with Gasteiger partial charge in [-0.15, -0.1) is 0 Å². The van der Waals surface area contributed by atoms with Crippen molar-refractivity contribution in [3.63, 3.8) is 0 Å². The Bertz CT molecular complexity index is 1540. The molecule has 0 aliphatic heterocycles. The summed E-state index contributed by atoms with van der Waals surface area (Å²) in [5.41, 5.74) is -4.52. The molecule has 2 rings (SSSR count). The number of alkyl halides is 3. The van der Waals surface area contributed by atoms with Gasteiger partial charge in [0, 0.05) is 24.6 Å². The van der Waals surface area contributed by atoms with Crippen LogP contribution in [0.3, 0.4) is 0 Å². The van der Waals surface area contributed by atoms with Gasteiger partial charge >= 0.3 is 30.5 Å². The second-order valence-corrected chi connectivity index (χ2v) is 15.0. The number of carboxylic acid groups (broad SMARTS) is 2. The molecule has 0 atom stereocenters. The number of pyridine rings is 1. The zero-order chi connectivity index (χ0) is 38.1. The molecule has 2 aromatic rings. The Morgan fingerprint density at radius 3 is 1.59 bits per heavy atom. The Morgan fingerprint density at radius 1 is 0.796 bits per heavy atom. The van der Waals surface area contributed by atoms with E-state index >= 15 is 0 Å². The third-order valence-electron chi connectivity index (χ3n) is 6.96. The van der Waals surface area contributed by atoms with E-state index in [1.165, 1.54) is 27.7 Å². The van der Waals surface area contributed by atoms with Crippen LogP contribution in [0.2, 0.25) is 0 Å². The van der Waals surface area contributed by atoms with Crippen LogP contribution in [0, 0.1) is 16.7 Å². The van der Waals surface area contributed by atoms with Gasteiger partial charge < -0.3 is 24.4 Å². The van der Waals surface area contributed by atoms with Gasteiger partial charge in [-0.2, -0.15) is 28.1 Å². The van der Waals surface area contributed by atoms with Crippen LogP contribution in [0.15, 0.2) is 18.2 Å². The van der Waals surface area contributed by atoms with Crippen molar-refractivity contribution in [1.29, 1.82) is 0 Å². The first-order chi connectivity index (χ1) is 22.0. The van der Waals surface area contributed by atoms with Crippen LogP contribution in [-0.2, 0) is 28.8 Å². The first-order valence-electron chi connectivity index (χ1n) is 15.3. The third kappa shape index (κ3) is 10.5. The van der Waals surface area contributed by atoms with Gasteiger partial charge in [-0.1, -0.05) is 41.5 Å². The van der Waals surface area contributed by atoms with Crippen molar-refractivity contribution >= 4 is 36.0 Å². The fraction of sp³-hybridized carbons (Fsp3) is 0.625. The first kappa shape index (κ1) is 40.6. The summed E-state index contributed by atoms with van der Waals surface area (Å²) in [7, 11) is 0. The highest BCUT2D eigenvalue weighted by molar-refractivity contribution is 6.10. The van der Waals surface area contributed by atoms with Gasteiger partial charge in [0.25, 0.3) is 0 Å². The van der Waals surface area contributed by atoms with Crippen molar-refractivity contribution in [1.82, 2.24) is 14.8 Å². The van der Waals surface area contributed by atoms with Crippen molar-refractivity contribution in [2.75, 3.05) is 9.80 Å². The lowest BCUT2D eigenvalue weighted by Crippen LogP contribution is -2.52. The molecular formula is C32H46F3N5O9. The van der Waals surface area contributed by atoms with E-state index in [0.717, 1.165) is 18.2 Å². The lowest BCUT2D eigenvalue weighted by Gasteiger charge is -2.49. The Morgan fingerprint density at radius 2 is 1.24 bits per heavy atom. The van der Waals surface area contributed by atoms with Gasteiger partial charge in [-0.3, -0.25) is 4.68 Å². The van der Waals surface area contributed by atoms with Crippen molar-refractivity contribution < 1.29 is 56.8 Å². The Labute approximate surface area is 283 Å². The van der Waals surface area contributed by atoms with E-state index in [1.54, 1.807) is 13.8 Å². The zero-order valence-electron chi connectivity index (χ0n) is 29.8. The summed E-state index contributed by atoms with van der Waals surface area (Å²) in [6.45, 7) is 20.1. The Kier molecular flexibility index (Phi) is 11.7. The van der Waals surface area contributed by atoms with E-state index in [4.69, 9.17) is 14.2 Å². The number of aryl methyl sites for hydroxylation is 1. The van der Waals surface area contributed by atoms with Gasteiger partial charge in [0.1, 0.15) is 34.9 Å². The minimum absolute atomic E-state index is 0.0553. The van der Waals surface area contributed by atoms with Crippen LogP contribution in [-0.4, -0.2) is 60.6 Å². The molecule has 0 unspecified atom stereocenters. The first-order valence-corrected chi connectivity index (χ1v) is 15.3. The molecule has 4 amide bonds. The molecule has 0 saturated carbocycles. The molecule has 2 heterocycles. The van der Waals surface area contributed by atoms with Crippen LogP contribution in [0.1, 0.15) is 94.5 Å². The highest BCUT2D eigenvalue weighted by Gasteiger charge is 2.48. The third-order valence-corrected chi connectivity index (χ3v) is 6.96. The quantitative estimate of drug-likeness (QED) is 0.270. The molecule has 0 aliphatic rings. The molecule has 0 fully saturated rings. The number of carbonyl (C=O) groups excluding carboxylic acids is 2. The van der Waals surface area contributed by atoms with E-state index in [9.17, 15) is 42.6 Å². The van der Waals surface area contributed by atoms with E-state index in [0.29, 0.717) is 4.68 Å². The summed E-state index contributed by atoms with van der Waals surface area (Å²) in [6.07, 6.45) is -11.3. The van der Waals surface area contributed by atoms with E-state index in [1.807, 2.05) is 41.5 Å². The lowest BCUT2D eigenvalue weighted by atomic mass is 9.60. The lowest BCUT2D eigenvalue weighted by molar-refractivity contribution is -0.144. The molecule has 0 saturated heterocycles. The molecule has 2 aromatic heterocycles. The molecule has 0 radical (unpaired) electrons. The SMILES string of the molecule is CCn1nc(COc2cc(N(C(=O)O)C(=O)OC(C)(C)C)nc(N(C(=O)O)C(=O)OC(C)(C)C(C(C)(C)C)C(C)(C)C)c2)cc1C(F)(F)F. The molecule has 17 heteroatoms. The summed E-state index contributed by atoms with van der Waals surface area (Å²) in [6, 6.07) is 2.58. The zero-order valence-corrected chi connectivity index (χ0v) is 29.8. The number of ether oxygens (including phenoxy) is 3. The monoisotopic (exact) mass is 701 g/mol. The van der Waals surface area contributed by atoms with Crippen LogP contribution >= 0.6 is 0 Å². The highest BCUT2D eigenvalue weighted by atomic mass is 19.4. The summed E-state index contributed by atoms with van der Waals surface area (Å²) < 4.78 is 57.8. The van der Waals surface area contributed by atoms with Gasteiger partial charge in [0.05, 0.1) is 0 Å². The number of nitrogens with zero attached hydrogens (tertiary/aromatic N) is 5.